The molecule has 0 aliphatic carbocycles. The number of aryl methyl sites for hydroxylation is 1. The van der Waals surface area contributed by atoms with Crippen molar-refractivity contribution in [3.63, 3.8) is 0 Å². The van der Waals surface area contributed by atoms with Crippen molar-refractivity contribution in [2.75, 3.05) is 7.11 Å². The molecule has 1 N–H and O–H groups in total. The molecule has 0 unspecified atom stereocenters. The van der Waals surface area contributed by atoms with Gasteiger partial charge in [-0.2, -0.15) is 5.10 Å². The first-order valence-corrected chi connectivity index (χ1v) is 9.36. The second-order valence-electron chi connectivity index (χ2n) is 6.64. The number of ether oxygens (including phenoxy) is 2. The highest BCUT2D eigenvalue weighted by Crippen LogP contribution is 2.28. The van der Waals surface area contributed by atoms with Crippen molar-refractivity contribution < 1.29 is 14.3 Å². The molecule has 5 heteroatoms. The molecule has 0 aromatic heterocycles. The molecule has 3 rings (SSSR count). The summed E-state index contributed by atoms with van der Waals surface area (Å²) in [4.78, 5) is 12.0. The van der Waals surface area contributed by atoms with E-state index in [0.717, 1.165) is 16.7 Å². The minimum absolute atomic E-state index is 0.170. The Hall–Kier alpha value is -3.60. The van der Waals surface area contributed by atoms with E-state index >= 15 is 0 Å². The largest absolute Gasteiger partial charge is 0.493 e. The number of hydrogen-bond acceptors (Lipinski definition) is 4. The monoisotopic (exact) mass is 388 g/mol. The van der Waals surface area contributed by atoms with E-state index in [0.29, 0.717) is 18.1 Å². The maximum Gasteiger partial charge on any atom is 0.244 e. The van der Waals surface area contributed by atoms with Gasteiger partial charge in [0.05, 0.1) is 19.7 Å². The van der Waals surface area contributed by atoms with E-state index in [1.807, 2.05) is 60.7 Å². The molecule has 29 heavy (non-hydrogen) atoms. The smallest absolute Gasteiger partial charge is 0.244 e. The highest BCUT2D eigenvalue weighted by molar-refractivity contribution is 5.84. The van der Waals surface area contributed by atoms with Crippen LogP contribution < -0.4 is 14.9 Å². The Bertz CT molecular complexity index is 967. The van der Waals surface area contributed by atoms with Gasteiger partial charge in [-0.3, -0.25) is 4.79 Å². The molecule has 3 aromatic carbocycles. The first kappa shape index (κ1) is 20.1. The summed E-state index contributed by atoms with van der Waals surface area (Å²) < 4.78 is 11.3. The average molecular weight is 388 g/mol. The van der Waals surface area contributed by atoms with Gasteiger partial charge in [0.15, 0.2) is 11.5 Å². The third-order valence-electron chi connectivity index (χ3n) is 4.31. The predicted octanol–water partition coefficient (Wildman–Crippen LogP) is 4.28. The first-order chi connectivity index (χ1) is 14.1. The molecule has 0 aliphatic heterocycles. The molecular weight excluding hydrogens is 364 g/mol. The Balaban J connectivity index is 1.60. The first-order valence-electron chi connectivity index (χ1n) is 9.36. The summed E-state index contributed by atoms with van der Waals surface area (Å²) >= 11 is 0. The summed E-state index contributed by atoms with van der Waals surface area (Å²) in [6, 6.07) is 23.2. The Morgan fingerprint density at radius 2 is 1.72 bits per heavy atom. The number of hydrazone groups is 1. The Labute approximate surface area is 171 Å². The number of amides is 1. The third-order valence-corrected chi connectivity index (χ3v) is 4.31. The van der Waals surface area contributed by atoms with Gasteiger partial charge in [-0.1, -0.05) is 60.2 Å². The maximum absolute atomic E-state index is 12.0. The van der Waals surface area contributed by atoms with Crippen LogP contribution in [0.4, 0.5) is 0 Å². The molecule has 1 amide bonds. The van der Waals surface area contributed by atoms with Crippen LogP contribution in [0.25, 0.3) is 0 Å². The quantitative estimate of drug-likeness (QED) is 0.463. The van der Waals surface area contributed by atoms with E-state index in [1.54, 1.807) is 13.3 Å². The van der Waals surface area contributed by atoms with E-state index in [2.05, 4.69) is 29.6 Å². The molecule has 5 nitrogen and oxygen atoms in total. The molecule has 0 aliphatic rings. The Morgan fingerprint density at radius 3 is 2.45 bits per heavy atom. The lowest BCUT2D eigenvalue weighted by atomic mass is 10.1. The van der Waals surface area contributed by atoms with Gasteiger partial charge < -0.3 is 9.47 Å². The summed E-state index contributed by atoms with van der Waals surface area (Å²) in [7, 11) is 1.60. The van der Waals surface area contributed by atoms with Crippen LogP contribution in [-0.4, -0.2) is 19.2 Å². The van der Waals surface area contributed by atoms with Gasteiger partial charge in [-0.25, -0.2) is 5.43 Å². The van der Waals surface area contributed by atoms with Gasteiger partial charge >= 0.3 is 0 Å². The number of rotatable bonds is 8. The highest BCUT2D eigenvalue weighted by atomic mass is 16.5. The fraction of sp³-hybridized carbons (Fsp3) is 0.167. The third kappa shape index (κ3) is 6.21. The molecular formula is C24H24N2O3. The van der Waals surface area contributed by atoms with Crippen molar-refractivity contribution in [3.05, 3.63) is 95.1 Å². The summed E-state index contributed by atoms with van der Waals surface area (Å²) in [5, 5.41) is 4.04. The number of benzene rings is 3. The van der Waals surface area contributed by atoms with Crippen molar-refractivity contribution >= 4 is 12.1 Å². The molecule has 0 spiro atoms. The predicted molar refractivity (Wildman–Crippen MR) is 114 cm³/mol. The fourth-order valence-electron chi connectivity index (χ4n) is 2.73. The van der Waals surface area contributed by atoms with Crippen LogP contribution in [0.3, 0.4) is 0 Å². The minimum atomic E-state index is -0.170. The molecule has 0 bridgehead atoms. The van der Waals surface area contributed by atoms with Crippen LogP contribution in [0.5, 0.6) is 11.5 Å². The van der Waals surface area contributed by atoms with Crippen molar-refractivity contribution in [3.8, 4) is 11.5 Å². The van der Waals surface area contributed by atoms with Gasteiger partial charge in [-0.05, 0) is 41.8 Å². The van der Waals surface area contributed by atoms with E-state index in [-0.39, 0.29) is 12.3 Å². The van der Waals surface area contributed by atoms with Gasteiger partial charge in [0, 0.05) is 0 Å². The molecule has 0 saturated carbocycles. The molecule has 0 saturated heterocycles. The van der Waals surface area contributed by atoms with Crippen molar-refractivity contribution in [1.82, 2.24) is 5.43 Å². The maximum atomic E-state index is 12.0. The standard InChI is InChI=1S/C24H24N2O3/c1-18-8-10-20(11-9-18)17-29-23-14-21(12-13-22(23)28-2)16-25-26-24(27)15-19-6-4-3-5-7-19/h3-14,16H,15,17H2,1-2H3,(H,26,27)/b25-16-. The Kier molecular flexibility index (Phi) is 7.00. The van der Waals surface area contributed by atoms with Gasteiger partial charge in [0.1, 0.15) is 6.61 Å². The molecule has 0 atom stereocenters. The normalized spacial score (nSPS) is 10.7. The van der Waals surface area contributed by atoms with Gasteiger partial charge in [0.2, 0.25) is 5.91 Å². The van der Waals surface area contributed by atoms with Crippen molar-refractivity contribution in [2.45, 2.75) is 20.0 Å². The van der Waals surface area contributed by atoms with Crippen LogP contribution in [0.1, 0.15) is 22.3 Å². The molecule has 3 aromatic rings. The summed E-state index contributed by atoms with van der Waals surface area (Å²) in [6.45, 7) is 2.49. The number of hydrogen-bond donors (Lipinski definition) is 1. The summed E-state index contributed by atoms with van der Waals surface area (Å²) in [5.41, 5.74) is 6.57. The van der Waals surface area contributed by atoms with Gasteiger partial charge in [-0.15, -0.1) is 0 Å². The number of nitrogens with zero attached hydrogens (tertiary/aromatic N) is 1. The second-order valence-corrected chi connectivity index (χ2v) is 6.64. The van der Waals surface area contributed by atoms with E-state index in [1.165, 1.54) is 5.56 Å². The number of carbonyl (C=O) groups excluding carboxylic acids is 1. The summed E-state index contributed by atoms with van der Waals surface area (Å²) in [5.74, 6) is 1.09. The van der Waals surface area contributed by atoms with Crippen LogP contribution in [-0.2, 0) is 17.8 Å². The van der Waals surface area contributed by atoms with Crippen LogP contribution >= 0.6 is 0 Å². The fourth-order valence-corrected chi connectivity index (χ4v) is 2.73. The molecule has 0 heterocycles. The van der Waals surface area contributed by atoms with Crippen LogP contribution in [0.15, 0.2) is 77.9 Å². The number of methoxy groups -OCH3 is 1. The molecule has 0 fully saturated rings. The van der Waals surface area contributed by atoms with Crippen LogP contribution in [0, 0.1) is 6.92 Å². The zero-order valence-corrected chi connectivity index (χ0v) is 16.6. The zero-order chi connectivity index (χ0) is 20.5. The average Bonchev–Trinajstić information content (AvgIpc) is 2.74. The van der Waals surface area contributed by atoms with Crippen molar-refractivity contribution in [1.29, 1.82) is 0 Å². The minimum Gasteiger partial charge on any atom is -0.493 e. The lowest BCUT2D eigenvalue weighted by Gasteiger charge is -2.11. The lowest BCUT2D eigenvalue weighted by molar-refractivity contribution is -0.120. The van der Waals surface area contributed by atoms with E-state index in [4.69, 9.17) is 9.47 Å². The summed E-state index contributed by atoms with van der Waals surface area (Å²) in [6.07, 6.45) is 1.87. The van der Waals surface area contributed by atoms with Crippen LogP contribution in [0.2, 0.25) is 0 Å². The van der Waals surface area contributed by atoms with Gasteiger partial charge in [0.25, 0.3) is 0 Å². The zero-order valence-electron chi connectivity index (χ0n) is 16.6. The Morgan fingerprint density at radius 1 is 0.966 bits per heavy atom. The SMILES string of the molecule is COc1ccc(/C=N\NC(=O)Cc2ccccc2)cc1OCc1ccc(C)cc1. The second kappa shape index (κ2) is 10.1. The lowest BCUT2D eigenvalue weighted by Crippen LogP contribution is -2.19. The van der Waals surface area contributed by atoms with E-state index in [9.17, 15) is 4.79 Å². The molecule has 148 valence electrons. The van der Waals surface area contributed by atoms with Crippen molar-refractivity contribution in [2.24, 2.45) is 5.10 Å². The van der Waals surface area contributed by atoms with E-state index < -0.39 is 0 Å². The molecule has 0 radical (unpaired) electrons. The number of carbonyl (C=O) groups is 1. The topological polar surface area (TPSA) is 59.9 Å². The number of nitrogens with one attached hydrogen (secondary N) is 1. The highest BCUT2D eigenvalue weighted by Gasteiger charge is 2.06.